The highest BCUT2D eigenvalue weighted by Gasteiger charge is 2.10. The molecule has 1 aromatic heterocycles. The number of amides is 2. The number of carbonyl (C=O) groups excluding carboxylic acids is 2. The number of anilines is 3. The van der Waals surface area contributed by atoms with E-state index in [1.165, 1.54) is 19.3 Å². The number of nitrogens with zero attached hydrogens (tertiary/aromatic N) is 2. The van der Waals surface area contributed by atoms with Gasteiger partial charge in [-0.2, -0.15) is 0 Å². The van der Waals surface area contributed by atoms with Crippen LogP contribution in [0.5, 0.6) is 0 Å². The third-order valence-corrected chi connectivity index (χ3v) is 4.01. The van der Waals surface area contributed by atoms with Crippen molar-refractivity contribution >= 4 is 29.0 Å². The smallest absolute Gasteiger partial charge is 0.275 e. The Bertz CT molecular complexity index is 941. The Kier molecular flexibility index (Phi) is 5.96. The van der Waals surface area contributed by atoms with E-state index >= 15 is 0 Å². The molecule has 0 fully saturated rings. The van der Waals surface area contributed by atoms with Gasteiger partial charge in [0.15, 0.2) is 0 Å². The van der Waals surface area contributed by atoms with Gasteiger partial charge in [0, 0.05) is 24.3 Å². The molecule has 0 bridgehead atoms. The Labute approximate surface area is 163 Å². The number of nitrogens with one attached hydrogen (secondary N) is 3. The molecule has 2 amide bonds. The molecule has 0 aliphatic carbocycles. The second-order valence-corrected chi connectivity index (χ2v) is 6.28. The number of hydrogen-bond acceptors (Lipinski definition) is 5. The van der Waals surface area contributed by atoms with E-state index in [9.17, 15) is 9.59 Å². The first-order valence-corrected chi connectivity index (χ1v) is 8.84. The summed E-state index contributed by atoms with van der Waals surface area (Å²) in [7, 11) is 0. The van der Waals surface area contributed by atoms with E-state index < -0.39 is 0 Å². The first-order valence-electron chi connectivity index (χ1n) is 8.84. The Hall–Kier alpha value is -3.74. The van der Waals surface area contributed by atoms with Gasteiger partial charge in [-0.25, -0.2) is 9.97 Å². The van der Waals surface area contributed by atoms with Crippen LogP contribution in [-0.4, -0.2) is 21.8 Å². The lowest BCUT2D eigenvalue weighted by molar-refractivity contribution is -0.114. The molecular weight excluding hydrogens is 354 g/mol. The van der Waals surface area contributed by atoms with Crippen molar-refractivity contribution in [2.45, 2.75) is 19.9 Å². The number of carbonyl (C=O) groups is 2. The molecule has 3 aromatic rings. The summed E-state index contributed by atoms with van der Waals surface area (Å²) in [4.78, 5) is 31.8. The van der Waals surface area contributed by atoms with Crippen molar-refractivity contribution in [3.05, 3.63) is 78.2 Å². The van der Waals surface area contributed by atoms with E-state index in [4.69, 9.17) is 0 Å². The summed E-state index contributed by atoms with van der Waals surface area (Å²) >= 11 is 0. The first kappa shape index (κ1) is 19.0. The molecule has 3 rings (SSSR count). The minimum atomic E-state index is -0.359. The molecule has 2 aromatic carbocycles. The summed E-state index contributed by atoms with van der Waals surface area (Å²) in [5.74, 6) is 0.0809. The Morgan fingerprint density at radius 2 is 1.50 bits per heavy atom. The normalized spacial score (nSPS) is 11.4. The van der Waals surface area contributed by atoms with Crippen LogP contribution in [0.25, 0.3) is 0 Å². The fourth-order valence-corrected chi connectivity index (χ4v) is 2.60. The van der Waals surface area contributed by atoms with E-state index in [2.05, 4.69) is 25.9 Å². The molecule has 142 valence electrons. The van der Waals surface area contributed by atoms with Gasteiger partial charge in [-0.05, 0) is 36.8 Å². The molecule has 0 spiro atoms. The lowest BCUT2D eigenvalue weighted by Crippen LogP contribution is -2.15. The molecule has 0 saturated carbocycles. The lowest BCUT2D eigenvalue weighted by Gasteiger charge is -2.14. The quantitative estimate of drug-likeness (QED) is 0.608. The molecule has 3 N–H and O–H groups in total. The average Bonchev–Trinajstić information content (AvgIpc) is 2.70. The summed E-state index contributed by atoms with van der Waals surface area (Å²) in [5, 5.41) is 8.68. The van der Waals surface area contributed by atoms with Crippen molar-refractivity contribution in [3.63, 3.8) is 0 Å². The van der Waals surface area contributed by atoms with Crippen LogP contribution in [0.3, 0.4) is 0 Å². The molecule has 28 heavy (non-hydrogen) atoms. The third-order valence-electron chi connectivity index (χ3n) is 4.01. The monoisotopic (exact) mass is 375 g/mol. The van der Waals surface area contributed by atoms with Crippen LogP contribution in [-0.2, 0) is 4.79 Å². The molecule has 0 saturated heterocycles. The number of aromatic nitrogens is 2. The van der Waals surface area contributed by atoms with E-state index in [1.807, 2.05) is 37.3 Å². The lowest BCUT2D eigenvalue weighted by atomic mass is 10.1. The topological polar surface area (TPSA) is 96.0 Å². The van der Waals surface area contributed by atoms with Crippen molar-refractivity contribution in [2.24, 2.45) is 0 Å². The maximum atomic E-state index is 12.3. The van der Waals surface area contributed by atoms with Crippen molar-refractivity contribution in [1.29, 1.82) is 0 Å². The standard InChI is InChI=1S/C21H21N5O2/c1-14(16-6-4-3-5-7-16)24-20-13-22-19(12-23-20)21(28)26-18-10-8-17(9-11-18)25-15(2)27/h3-14H,1-2H3,(H,23,24)(H,25,27)(H,26,28). The maximum Gasteiger partial charge on any atom is 0.275 e. The summed E-state index contributed by atoms with van der Waals surface area (Å²) in [6, 6.07) is 16.9. The zero-order chi connectivity index (χ0) is 19.9. The fourth-order valence-electron chi connectivity index (χ4n) is 2.60. The van der Waals surface area contributed by atoms with Gasteiger partial charge < -0.3 is 16.0 Å². The number of rotatable bonds is 6. The third kappa shape index (κ3) is 5.14. The highest BCUT2D eigenvalue weighted by atomic mass is 16.2. The molecule has 7 nitrogen and oxygen atoms in total. The van der Waals surface area contributed by atoms with E-state index in [0.29, 0.717) is 17.2 Å². The molecular formula is C21H21N5O2. The minimum Gasteiger partial charge on any atom is -0.362 e. The summed E-state index contributed by atoms with van der Waals surface area (Å²) in [6.07, 6.45) is 2.97. The highest BCUT2D eigenvalue weighted by molar-refractivity contribution is 6.02. The minimum absolute atomic E-state index is 0.0669. The SMILES string of the molecule is CC(=O)Nc1ccc(NC(=O)c2cnc(NC(C)c3ccccc3)cn2)cc1. The average molecular weight is 375 g/mol. The van der Waals surface area contributed by atoms with Crippen LogP contribution in [0.4, 0.5) is 17.2 Å². The largest absolute Gasteiger partial charge is 0.362 e. The van der Waals surface area contributed by atoms with Gasteiger partial charge in [-0.3, -0.25) is 9.59 Å². The van der Waals surface area contributed by atoms with Gasteiger partial charge in [-0.1, -0.05) is 30.3 Å². The van der Waals surface area contributed by atoms with E-state index in [1.54, 1.807) is 24.3 Å². The van der Waals surface area contributed by atoms with Crippen LogP contribution in [0.15, 0.2) is 67.0 Å². The predicted molar refractivity (Wildman–Crippen MR) is 109 cm³/mol. The molecule has 0 aliphatic heterocycles. The fraction of sp³-hybridized carbons (Fsp3) is 0.143. The van der Waals surface area contributed by atoms with E-state index in [0.717, 1.165) is 5.56 Å². The van der Waals surface area contributed by atoms with Crippen molar-refractivity contribution < 1.29 is 9.59 Å². The van der Waals surface area contributed by atoms with Crippen molar-refractivity contribution in [3.8, 4) is 0 Å². The second-order valence-electron chi connectivity index (χ2n) is 6.28. The molecule has 1 unspecified atom stereocenters. The Morgan fingerprint density at radius 3 is 2.07 bits per heavy atom. The van der Waals surface area contributed by atoms with Crippen LogP contribution in [0.2, 0.25) is 0 Å². The molecule has 1 heterocycles. The van der Waals surface area contributed by atoms with Crippen LogP contribution < -0.4 is 16.0 Å². The van der Waals surface area contributed by atoms with E-state index in [-0.39, 0.29) is 23.6 Å². The predicted octanol–water partition coefficient (Wildman–Crippen LogP) is 3.86. The van der Waals surface area contributed by atoms with Crippen LogP contribution >= 0.6 is 0 Å². The molecule has 1 atom stereocenters. The Morgan fingerprint density at radius 1 is 0.857 bits per heavy atom. The summed E-state index contributed by atoms with van der Waals surface area (Å²) in [5.41, 5.74) is 2.60. The number of hydrogen-bond donors (Lipinski definition) is 3. The van der Waals surface area contributed by atoms with Gasteiger partial charge in [0.1, 0.15) is 11.5 Å². The van der Waals surface area contributed by atoms with Crippen LogP contribution in [0, 0.1) is 0 Å². The van der Waals surface area contributed by atoms with Gasteiger partial charge in [0.05, 0.1) is 12.4 Å². The van der Waals surface area contributed by atoms with Crippen LogP contribution in [0.1, 0.15) is 35.9 Å². The molecule has 0 radical (unpaired) electrons. The van der Waals surface area contributed by atoms with Gasteiger partial charge in [0.2, 0.25) is 5.91 Å². The summed E-state index contributed by atoms with van der Waals surface area (Å²) < 4.78 is 0. The van der Waals surface area contributed by atoms with Gasteiger partial charge >= 0.3 is 0 Å². The number of benzene rings is 2. The second kappa shape index (κ2) is 8.77. The van der Waals surface area contributed by atoms with Gasteiger partial charge in [-0.15, -0.1) is 0 Å². The zero-order valence-corrected chi connectivity index (χ0v) is 15.6. The van der Waals surface area contributed by atoms with Crippen molar-refractivity contribution in [2.75, 3.05) is 16.0 Å². The van der Waals surface area contributed by atoms with Crippen molar-refractivity contribution in [1.82, 2.24) is 9.97 Å². The zero-order valence-electron chi connectivity index (χ0n) is 15.6. The Balaban J connectivity index is 1.59. The molecule has 0 aliphatic rings. The maximum absolute atomic E-state index is 12.3. The molecule has 7 heteroatoms. The van der Waals surface area contributed by atoms with Gasteiger partial charge in [0.25, 0.3) is 5.91 Å². The summed E-state index contributed by atoms with van der Waals surface area (Å²) in [6.45, 7) is 3.47. The first-order chi connectivity index (χ1) is 13.5. The highest BCUT2D eigenvalue weighted by Crippen LogP contribution is 2.17.